The van der Waals surface area contributed by atoms with Crippen LogP contribution in [0.2, 0.25) is 0 Å². The summed E-state index contributed by atoms with van der Waals surface area (Å²) in [6, 6.07) is 29.7. The lowest BCUT2D eigenvalue weighted by Gasteiger charge is -2.14. The topological polar surface area (TPSA) is 59.7 Å². The number of benzene rings is 3. The van der Waals surface area contributed by atoms with Crippen molar-refractivity contribution in [2.45, 2.75) is 6.42 Å². The van der Waals surface area contributed by atoms with Gasteiger partial charge < -0.3 is 9.84 Å². The van der Waals surface area contributed by atoms with Crippen LogP contribution in [-0.4, -0.2) is 26.6 Å². The maximum Gasteiger partial charge on any atom is 0.229 e. The summed E-state index contributed by atoms with van der Waals surface area (Å²) in [6.07, 6.45) is 0.506. The number of aromatic nitrogens is 3. The molecule has 0 amide bonds. The maximum absolute atomic E-state index is 11.2. The fourth-order valence-corrected chi connectivity index (χ4v) is 3.79. The van der Waals surface area contributed by atoms with Crippen LogP contribution in [0.25, 0.3) is 28.2 Å². The van der Waals surface area contributed by atoms with Gasteiger partial charge in [-0.15, -0.1) is 0 Å². The van der Waals surface area contributed by atoms with Crippen molar-refractivity contribution in [1.29, 1.82) is 0 Å². The summed E-state index contributed by atoms with van der Waals surface area (Å²) in [5.41, 5.74) is 5.36. The van der Waals surface area contributed by atoms with E-state index in [0.717, 1.165) is 16.7 Å². The van der Waals surface area contributed by atoms with Crippen LogP contribution in [0.15, 0.2) is 91.0 Å². The Hall–Kier alpha value is -4.12. The molecule has 5 heteroatoms. The Kier molecular flexibility index (Phi) is 4.84. The van der Waals surface area contributed by atoms with Crippen molar-refractivity contribution in [1.82, 2.24) is 14.4 Å². The van der Waals surface area contributed by atoms with Crippen molar-refractivity contribution in [3.63, 3.8) is 0 Å². The lowest BCUT2D eigenvalue weighted by molar-refractivity contribution is 0.372. The third-order valence-electron chi connectivity index (χ3n) is 5.27. The molecule has 0 spiro atoms. The van der Waals surface area contributed by atoms with Crippen LogP contribution >= 0.6 is 0 Å². The Morgan fingerprint density at radius 2 is 1.29 bits per heavy atom. The number of methoxy groups -OCH3 is 1. The second-order valence-corrected chi connectivity index (χ2v) is 7.25. The van der Waals surface area contributed by atoms with Crippen LogP contribution in [0.5, 0.6) is 11.8 Å². The third kappa shape index (κ3) is 3.40. The van der Waals surface area contributed by atoms with Crippen LogP contribution in [-0.2, 0) is 6.42 Å². The van der Waals surface area contributed by atoms with Crippen molar-refractivity contribution < 1.29 is 9.84 Å². The quantitative estimate of drug-likeness (QED) is 0.426. The molecule has 1 N–H and O–H groups in total. The van der Waals surface area contributed by atoms with Gasteiger partial charge in [0.05, 0.1) is 7.11 Å². The lowest BCUT2D eigenvalue weighted by atomic mass is 10.1. The molecular weight excluding hydrogens is 386 g/mol. The summed E-state index contributed by atoms with van der Waals surface area (Å²) >= 11 is 0. The standard InChI is InChI=1S/C26H21N3O2/c1-31-26-23(20-15-9-4-10-16-20)28-22(19-13-7-3-8-14-19)24-27-21(25(30)29(24)26)17-18-11-5-2-6-12-18/h2-16,30H,17H2,1H3. The molecule has 0 fully saturated rings. The molecule has 0 saturated carbocycles. The smallest absolute Gasteiger partial charge is 0.229 e. The molecule has 0 aliphatic carbocycles. The molecule has 2 aromatic heterocycles. The second-order valence-electron chi connectivity index (χ2n) is 7.25. The van der Waals surface area contributed by atoms with Crippen LogP contribution < -0.4 is 4.74 Å². The van der Waals surface area contributed by atoms with E-state index in [2.05, 4.69) is 0 Å². The van der Waals surface area contributed by atoms with E-state index in [1.165, 1.54) is 0 Å². The number of rotatable bonds is 5. The van der Waals surface area contributed by atoms with E-state index in [0.29, 0.717) is 35.0 Å². The molecule has 0 aliphatic rings. The first kappa shape index (κ1) is 18.9. The minimum absolute atomic E-state index is 0.0625. The van der Waals surface area contributed by atoms with E-state index in [9.17, 15) is 5.11 Å². The highest BCUT2D eigenvalue weighted by Crippen LogP contribution is 2.38. The number of ether oxygens (including phenoxy) is 1. The highest BCUT2D eigenvalue weighted by Gasteiger charge is 2.24. The summed E-state index contributed by atoms with van der Waals surface area (Å²) in [4.78, 5) is 9.75. The molecule has 3 aromatic carbocycles. The number of fused-ring (bicyclic) bond motifs is 1. The Balaban J connectivity index is 1.81. The molecule has 0 atom stereocenters. The molecule has 152 valence electrons. The number of imidazole rings is 1. The first-order chi connectivity index (χ1) is 15.3. The zero-order valence-corrected chi connectivity index (χ0v) is 17.1. The predicted molar refractivity (Wildman–Crippen MR) is 121 cm³/mol. The van der Waals surface area contributed by atoms with Crippen LogP contribution in [0.1, 0.15) is 11.3 Å². The van der Waals surface area contributed by atoms with Gasteiger partial charge in [-0.2, -0.15) is 0 Å². The van der Waals surface area contributed by atoms with Gasteiger partial charge in [0.15, 0.2) is 5.65 Å². The van der Waals surface area contributed by atoms with Gasteiger partial charge in [-0.1, -0.05) is 91.0 Å². The van der Waals surface area contributed by atoms with Crippen molar-refractivity contribution in [3.05, 3.63) is 102 Å². The Morgan fingerprint density at radius 3 is 1.87 bits per heavy atom. The summed E-state index contributed by atoms with van der Waals surface area (Å²) in [6.45, 7) is 0. The van der Waals surface area contributed by atoms with E-state index in [-0.39, 0.29) is 5.88 Å². The van der Waals surface area contributed by atoms with Gasteiger partial charge in [0.1, 0.15) is 17.1 Å². The summed E-state index contributed by atoms with van der Waals surface area (Å²) in [5, 5.41) is 11.2. The van der Waals surface area contributed by atoms with Gasteiger partial charge in [-0.05, 0) is 5.56 Å². The van der Waals surface area contributed by atoms with E-state index < -0.39 is 0 Å². The zero-order valence-electron chi connectivity index (χ0n) is 17.1. The molecule has 0 radical (unpaired) electrons. The summed E-state index contributed by atoms with van der Waals surface area (Å²) in [7, 11) is 1.58. The molecule has 5 nitrogen and oxygen atoms in total. The first-order valence-corrected chi connectivity index (χ1v) is 10.1. The Morgan fingerprint density at radius 1 is 0.742 bits per heavy atom. The van der Waals surface area contributed by atoms with E-state index in [4.69, 9.17) is 14.7 Å². The number of hydrogen-bond donors (Lipinski definition) is 1. The Labute approximate surface area is 180 Å². The Bertz CT molecular complexity index is 1330. The molecule has 31 heavy (non-hydrogen) atoms. The van der Waals surface area contributed by atoms with Gasteiger partial charge in [-0.25, -0.2) is 14.4 Å². The van der Waals surface area contributed by atoms with Gasteiger partial charge >= 0.3 is 0 Å². The lowest BCUT2D eigenvalue weighted by Crippen LogP contribution is -2.02. The highest BCUT2D eigenvalue weighted by molar-refractivity contribution is 5.80. The van der Waals surface area contributed by atoms with Crippen molar-refractivity contribution in [3.8, 4) is 34.3 Å². The fraction of sp³-hybridized carbons (Fsp3) is 0.0769. The van der Waals surface area contributed by atoms with Gasteiger partial charge in [0, 0.05) is 17.5 Å². The molecular formula is C26H21N3O2. The molecule has 0 bridgehead atoms. The molecule has 0 aliphatic heterocycles. The van der Waals surface area contributed by atoms with Crippen LogP contribution in [0.3, 0.4) is 0 Å². The first-order valence-electron chi connectivity index (χ1n) is 10.1. The number of nitrogens with zero attached hydrogens (tertiary/aromatic N) is 3. The van der Waals surface area contributed by atoms with Gasteiger partial charge in [0.25, 0.3) is 0 Å². The molecule has 0 saturated heterocycles. The third-order valence-corrected chi connectivity index (χ3v) is 5.27. The summed E-state index contributed by atoms with van der Waals surface area (Å²) < 4.78 is 7.41. The minimum Gasteiger partial charge on any atom is -0.493 e. The van der Waals surface area contributed by atoms with Gasteiger partial charge in [-0.3, -0.25) is 0 Å². The van der Waals surface area contributed by atoms with Crippen molar-refractivity contribution in [2.75, 3.05) is 7.11 Å². The van der Waals surface area contributed by atoms with Crippen molar-refractivity contribution in [2.24, 2.45) is 0 Å². The molecule has 2 heterocycles. The van der Waals surface area contributed by atoms with Crippen LogP contribution in [0, 0.1) is 0 Å². The van der Waals surface area contributed by atoms with E-state index >= 15 is 0 Å². The fourth-order valence-electron chi connectivity index (χ4n) is 3.79. The highest BCUT2D eigenvalue weighted by atomic mass is 16.5. The average molecular weight is 407 g/mol. The number of aromatic hydroxyl groups is 1. The van der Waals surface area contributed by atoms with Crippen molar-refractivity contribution >= 4 is 5.65 Å². The van der Waals surface area contributed by atoms with E-state index in [1.54, 1.807) is 11.5 Å². The largest absolute Gasteiger partial charge is 0.493 e. The normalized spacial score (nSPS) is 11.0. The average Bonchev–Trinajstić information content (AvgIpc) is 3.15. The van der Waals surface area contributed by atoms with Crippen LogP contribution in [0.4, 0.5) is 0 Å². The van der Waals surface area contributed by atoms with E-state index in [1.807, 2.05) is 91.0 Å². The second kappa shape index (κ2) is 7.95. The molecule has 0 unspecified atom stereocenters. The zero-order chi connectivity index (χ0) is 21.2. The monoisotopic (exact) mass is 407 g/mol. The SMILES string of the molecule is COc1c(-c2ccccc2)nc(-c2ccccc2)c2nc(Cc3ccccc3)c(O)n12. The minimum atomic E-state index is 0.0625. The summed E-state index contributed by atoms with van der Waals surface area (Å²) in [5.74, 6) is 0.512. The predicted octanol–water partition coefficient (Wildman–Crippen LogP) is 5.37. The molecule has 5 rings (SSSR count). The molecule has 5 aromatic rings. The maximum atomic E-state index is 11.2. The van der Waals surface area contributed by atoms with Gasteiger partial charge in [0.2, 0.25) is 11.8 Å². The number of hydrogen-bond acceptors (Lipinski definition) is 4.